The van der Waals surface area contributed by atoms with E-state index in [-0.39, 0.29) is 0 Å². The molecule has 0 fully saturated rings. The van der Waals surface area contributed by atoms with E-state index >= 15 is 0 Å². The van der Waals surface area contributed by atoms with Crippen LogP contribution >= 0.6 is 11.3 Å². The van der Waals surface area contributed by atoms with Crippen LogP contribution in [0.5, 0.6) is 5.75 Å². The molecule has 0 aliphatic rings. The topological polar surface area (TPSA) is 20.2 Å². The van der Waals surface area contributed by atoms with Crippen molar-refractivity contribution in [3.05, 3.63) is 28.1 Å². The van der Waals surface area contributed by atoms with E-state index in [0.29, 0.717) is 5.75 Å². The van der Waals surface area contributed by atoms with Gasteiger partial charge in [0.15, 0.2) is 0 Å². The van der Waals surface area contributed by atoms with Gasteiger partial charge in [-0.2, -0.15) is 0 Å². The molecule has 0 radical (unpaired) electrons. The van der Waals surface area contributed by atoms with Gasteiger partial charge in [-0.3, -0.25) is 0 Å². The molecular weight excluding hydrogens is 192 g/mol. The number of rotatable bonds is 1. The van der Waals surface area contributed by atoms with Crippen LogP contribution in [-0.2, 0) is 6.42 Å². The van der Waals surface area contributed by atoms with Gasteiger partial charge in [0.25, 0.3) is 0 Å². The first-order valence-electron chi connectivity index (χ1n) is 4.85. The van der Waals surface area contributed by atoms with Crippen LogP contribution in [0, 0.1) is 13.8 Å². The Morgan fingerprint density at radius 3 is 2.64 bits per heavy atom. The summed E-state index contributed by atoms with van der Waals surface area (Å²) in [7, 11) is 0. The molecule has 0 saturated heterocycles. The summed E-state index contributed by atoms with van der Waals surface area (Å²) in [5, 5.41) is 11.0. The molecule has 1 aromatic heterocycles. The lowest BCUT2D eigenvalue weighted by Gasteiger charge is -2.02. The Balaban J connectivity index is 2.92. The van der Waals surface area contributed by atoms with Gasteiger partial charge in [0, 0.05) is 10.3 Å². The number of hydrogen-bond donors (Lipinski definition) is 1. The maximum absolute atomic E-state index is 9.74. The Morgan fingerprint density at radius 1 is 1.29 bits per heavy atom. The molecule has 0 bridgehead atoms. The maximum Gasteiger partial charge on any atom is 0.133 e. The SMILES string of the molecule is CCc1ccc(O)c2sc(C)c(C)c12. The van der Waals surface area contributed by atoms with Crippen molar-refractivity contribution in [1.82, 2.24) is 0 Å². The van der Waals surface area contributed by atoms with Crippen LogP contribution in [0.1, 0.15) is 22.9 Å². The molecule has 0 unspecified atom stereocenters. The lowest BCUT2D eigenvalue weighted by atomic mass is 10.0. The van der Waals surface area contributed by atoms with Crippen molar-refractivity contribution in [1.29, 1.82) is 0 Å². The molecule has 0 atom stereocenters. The predicted molar refractivity (Wildman–Crippen MR) is 62.3 cm³/mol. The van der Waals surface area contributed by atoms with E-state index < -0.39 is 0 Å². The van der Waals surface area contributed by atoms with Crippen molar-refractivity contribution >= 4 is 21.4 Å². The summed E-state index contributed by atoms with van der Waals surface area (Å²) in [5.74, 6) is 0.415. The number of thiophene rings is 1. The van der Waals surface area contributed by atoms with Crippen molar-refractivity contribution in [2.45, 2.75) is 27.2 Å². The van der Waals surface area contributed by atoms with Crippen LogP contribution in [0.4, 0.5) is 0 Å². The van der Waals surface area contributed by atoms with E-state index in [1.807, 2.05) is 6.07 Å². The van der Waals surface area contributed by atoms with Gasteiger partial charge in [-0.15, -0.1) is 11.3 Å². The van der Waals surface area contributed by atoms with E-state index in [1.165, 1.54) is 21.4 Å². The minimum atomic E-state index is 0.415. The largest absolute Gasteiger partial charge is 0.506 e. The number of phenols is 1. The fourth-order valence-electron chi connectivity index (χ4n) is 1.83. The summed E-state index contributed by atoms with van der Waals surface area (Å²) in [6.07, 6.45) is 1.02. The van der Waals surface area contributed by atoms with Gasteiger partial charge in [0.1, 0.15) is 5.75 Å². The highest BCUT2D eigenvalue weighted by Crippen LogP contribution is 2.38. The zero-order chi connectivity index (χ0) is 10.3. The fourth-order valence-corrected chi connectivity index (χ4v) is 2.95. The highest BCUT2D eigenvalue weighted by Gasteiger charge is 2.11. The fraction of sp³-hybridized carbons (Fsp3) is 0.333. The van der Waals surface area contributed by atoms with Crippen LogP contribution in [0.15, 0.2) is 12.1 Å². The number of aryl methyl sites for hydroxylation is 3. The average Bonchev–Trinajstić information content (AvgIpc) is 2.47. The second kappa shape index (κ2) is 3.28. The normalized spacial score (nSPS) is 11.1. The number of aromatic hydroxyl groups is 1. The quantitative estimate of drug-likeness (QED) is 0.752. The number of hydrogen-bond acceptors (Lipinski definition) is 2. The third-order valence-electron chi connectivity index (χ3n) is 2.76. The predicted octanol–water partition coefficient (Wildman–Crippen LogP) is 3.79. The average molecular weight is 206 g/mol. The molecular formula is C12H14OS. The van der Waals surface area contributed by atoms with Gasteiger partial charge in [0.2, 0.25) is 0 Å². The second-order valence-corrected chi connectivity index (χ2v) is 4.81. The van der Waals surface area contributed by atoms with Crippen LogP contribution in [-0.4, -0.2) is 5.11 Å². The van der Waals surface area contributed by atoms with E-state index in [0.717, 1.165) is 11.1 Å². The Hall–Kier alpha value is -1.02. The van der Waals surface area contributed by atoms with Gasteiger partial charge in [-0.05, 0) is 37.5 Å². The van der Waals surface area contributed by atoms with Crippen LogP contribution in [0.2, 0.25) is 0 Å². The van der Waals surface area contributed by atoms with Gasteiger partial charge >= 0.3 is 0 Å². The van der Waals surface area contributed by atoms with Crippen molar-refractivity contribution in [3.63, 3.8) is 0 Å². The van der Waals surface area contributed by atoms with Crippen LogP contribution in [0.25, 0.3) is 10.1 Å². The van der Waals surface area contributed by atoms with Gasteiger partial charge in [0.05, 0.1) is 4.70 Å². The summed E-state index contributed by atoms with van der Waals surface area (Å²) < 4.78 is 1.04. The molecule has 14 heavy (non-hydrogen) atoms. The monoisotopic (exact) mass is 206 g/mol. The first-order chi connectivity index (χ1) is 6.65. The summed E-state index contributed by atoms with van der Waals surface area (Å²) in [4.78, 5) is 1.30. The smallest absolute Gasteiger partial charge is 0.133 e. The summed E-state index contributed by atoms with van der Waals surface area (Å²) in [6, 6.07) is 3.83. The molecule has 74 valence electrons. The van der Waals surface area contributed by atoms with Crippen LogP contribution < -0.4 is 0 Å². The Bertz CT molecular complexity index is 483. The lowest BCUT2D eigenvalue weighted by molar-refractivity contribution is 0.482. The molecule has 1 N–H and O–H groups in total. The van der Waals surface area contributed by atoms with Crippen molar-refractivity contribution < 1.29 is 5.11 Å². The number of phenolic OH excluding ortho intramolecular Hbond substituents is 1. The van der Waals surface area contributed by atoms with E-state index in [4.69, 9.17) is 0 Å². The van der Waals surface area contributed by atoms with E-state index in [1.54, 1.807) is 17.4 Å². The molecule has 2 heteroatoms. The highest BCUT2D eigenvalue weighted by atomic mass is 32.1. The van der Waals surface area contributed by atoms with Gasteiger partial charge in [-0.1, -0.05) is 13.0 Å². The summed E-state index contributed by atoms with van der Waals surface area (Å²) >= 11 is 1.68. The summed E-state index contributed by atoms with van der Waals surface area (Å²) in [5.41, 5.74) is 2.65. The molecule has 2 rings (SSSR count). The van der Waals surface area contributed by atoms with Gasteiger partial charge < -0.3 is 5.11 Å². The van der Waals surface area contributed by atoms with Crippen molar-refractivity contribution in [2.75, 3.05) is 0 Å². The third-order valence-corrected chi connectivity index (χ3v) is 3.99. The first-order valence-corrected chi connectivity index (χ1v) is 5.67. The maximum atomic E-state index is 9.74. The molecule has 1 nitrogen and oxygen atoms in total. The molecule has 0 aliphatic carbocycles. The number of fused-ring (bicyclic) bond motifs is 1. The molecule has 1 heterocycles. The Labute approximate surface area is 88.0 Å². The Morgan fingerprint density at radius 2 is 2.00 bits per heavy atom. The molecule has 0 amide bonds. The highest BCUT2D eigenvalue weighted by molar-refractivity contribution is 7.19. The molecule has 2 aromatic rings. The minimum absolute atomic E-state index is 0.415. The first kappa shape index (κ1) is 9.53. The van der Waals surface area contributed by atoms with Gasteiger partial charge in [-0.25, -0.2) is 0 Å². The van der Waals surface area contributed by atoms with E-state index in [2.05, 4.69) is 20.8 Å². The van der Waals surface area contributed by atoms with Crippen LogP contribution in [0.3, 0.4) is 0 Å². The molecule has 1 aromatic carbocycles. The zero-order valence-electron chi connectivity index (χ0n) is 8.72. The van der Waals surface area contributed by atoms with Crippen molar-refractivity contribution in [3.8, 4) is 5.75 Å². The Kier molecular flexibility index (Phi) is 2.23. The zero-order valence-corrected chi connectivity index (χ0v) is 9.53. The summed E-state index contributed by atoms with van der Waals surface area (Å²) in [6.45, 7) is 6.39. The number of benzene rings is 1. The third kappa shape index (κ3) is 1.22. The van der Waals surface area contributed by atoms with Crippen molar-refractivity contribution in [2.24, 2.45) is 0 Å². The second-order valence-electron chi connectivity index (χ2n) is 3.58. The molecule has 0 aliphatic heterocycles. The van der Waals surface area contributed by atoms with E-state index in [9.17, 15) is 5.11 Å². The molecule has 0 spiro atoms. The minimum Gasteiger partial charge on any atom is -0.506 e. The molecule has 0 saturated carbocycles. The lowest BCUT2D eigenvalue weighted by Crippen LogP contribution is -1.82. The standard InChI is InChI=1S/C12H14OS/c1-4-9-5-6-10(13)12-11(9)7(2)8(3)14-12/h5-6,13H,4H2,1-3H3.